The summed E-state index contributed by atoms with van der Waals surface area (Å²) in [6, 6.07) is 0.249. The average Bonchev–Trinajstić information content (AvgIpc) is 3.33. The summed E-state index contributed by atoms with van der Waals surface area (Å²) < 4.78 is 31.7. The largest absolute Gasteiger partial charge is 0.462 e. The molecule has 1 aliphatic heterocycles. The zero-order valence-electron chi connectivity index (χ0n) is 20.1. The molecule has 0 bridgehead atoms. The van der Waals surface area contributed by atoms with Gasteiger partial charge >= 0.3 is 18.4 Å². The minimum atomic E-state index is -3.63. The summed E-state index contributed by atoms with van der Waals surface area (Å²) in [4.78, 5) is 36.7. The third-order valence-electron chi connectivity index (χ3n) is 5.88. The van der Waals surface area contributed by atoms with E-state index in [1.165, 1.54) is 13.1 Å². The molecule has 11 nitrogen and oxygen atoms in total. The Bertz CT molecular complexity index is 1060. The molecule has 2 heterocycles. The van der Waals surface area contributed by atoms with Gasteiger partial charge in [-0.15, -0.1) is 11.6 Å². The normalized spacial score (nSPS) is 29.9. The predicted octanol–water partition coefficient (Wildman–Crippen LogP) is 2.52. The van der Waals surface area contributed by atoms with Gasteiger partial charge in [0.1, 0.15) is 23.1 Å². The van der Waals surface area contributed by atoms with Gasteiger partial charge in [-0.05, 0) is 40.5 Å². The van der Waals surface area contributed by atoms with Gasteiger partial charge in [0.2, 0.25) is 0 Å². The second-order valence-corrected chi connectivity index (χ2v) is 14.6. The minimum absolute atomic E-state index is 0.0989. The Morgan fingerprint density at radius 1 is 1.40 bits per heavy atom. The second-order valence-electron chi connectivity index (χ2n) is 9.28. The molecule has 1 saturated heterocycles. The lowest BCUT2D eigenvalue weighted by Crippen LogP contribution is -2.43. The second kappa shape index (κ2) is 11.5. The number of hydrogen-bond acceptors (Lipinski definition) is 9. The molecule has 198 valence electrons. The van der Waals surface area contributed by atoms with Crippen molar-refractivity contribution in [2.24, 2.45) is 0 Å². The van der Waals surface area contributed by atoms with E-state index < -0.39 is 53.3 Å². The first-order chi connectivity index (χ1) is 16.3. The molecule has 3 N–H and O–H groups in total. The van der Waals surface area contributed by atoms with Crippen molar-refractivity contribution in [2.45, 2.75) is 94.1 Å². The summed E-state index contributed by atoms with van der Waals surface area (Å²) in [6.45, 7) is 2.54. The number of aromatic amines is 1. The van der Waals surface area contributed by atoms with Gasteiger partial charge in [-0.3, -0.25) is 23.7 Å². The number of nitrogens with zero attached hydrogens (tertiary/aromatic N) is 1. The molecule has 14 heteroatoms. The monoisotopic (exact) mass is 553 g/mol. The van der Waals surface area contributed by atoms with Gasteiger partial charge in [0.05, 0.1) is 12.7 Å². The zero-order chi connectivity index (χ0) is 26.0. The molecule has 0 spiro atoms. The Morgan fingerprint density at radius 2 is 2.06 bits per heavy atom. The summed E-state index contributed by atoms with van der Waals surface area (Å²) in [5.41, 5.74) is -1.33. The summed E-state index contributed by atoms with van der Waals surface area (Å²) in [5.74, 6) is -0.557. The van der Waals surface area contributed by atoms with E-state index in [9.17, 15) is 24.1 Å². The summed E-state index contributed by atoms with van der Waals surface area (Å²) in [7, 11) is 0. The van der Waals surface area contributed by atoms with Crippen molar-refractivity contribution in [3.05, 3.63) is 33.1 Å². The van der Waals surface area contributed by atoms with E-state index in [1.807, 2.05) is 0 Å². The van der Waals surface area contributed by atoms with Crippen LogP contribution in [0.1, 0.15) is 59.6 Å². The molecule has 1 aromatic heterocycles. The minimum Gasteiger partial charge on any atom is -0.462 e. The van der Waals surface area contributed by atoms with Gasteiger partial charge in [0.25, 0.3) is 5.56 Å². The van der Waals surface area contributed by atoms with Crippen molar-refractivity contribution in [3.63, 3.8) is 0 Å². The Balaban J connectivity index is 1.75. The quantitative estimate of drug-likeness (QED) is 0.224. The van der Waals surface area contributed by atoms with E-state index >= 15 is 0 Å². The molecular weight excluding hydrogens is 521 g/mol. The van der Waals surface area contributed by atoms with Crippen LogP contribution in [0.5, 0.6) is 0 Å². The van der Waals surface area contributed by atoms with Crippen LogP contribution < -0.4 is 16.3 Å². The van der Waals surface area contributed by atoms with Crippen molar-refractivity contribution in [1.29, 1.82) is 0 Å². The number of alkyl halides is 1. The summed E-state index contributed by atoms with van der Waals surface area (Å²) in [6.07, 6.45) is 1.26. The van der Waals surface area contributed by atoms with Crippen molar-refractivity contribution < 1.29 is 28.5 Å². The van der Waals surface area contributed by atoms with Crippen LogP contribution in [0.25, 0.3) is 0 Å². The maximum atomic E-state index is 13.8. The van der Waals surface area contributed by atoms with Crippen LogP contribution in [0.15, 0.2) is 21.9 Å². The van der Waals surface area contributed by atoms with E-state index in [1.54, 1.807) is 20.8 Å². The van der Waals surface area contributed by atoms with Crippen LogP contribution in [-0.4, -0.2) is 61.7 Å². The molecule has 3 rings (SSSR count). The Kier molecular flexibility index (Phi) is 9.34. The van der Waals surface area contributed by atoms with E-state index in [-0.39, 0.29) is 18.0 Å². The van der Waals surface area contributed by atoms with E-state index in [0.717, 1.165) is 47.7 Å². The molecule has 1 aromatic rings. The van der Waals surface area contributed by atoms with Crippen LogP contribution in [0.2, 0.25) is 0 Å². The number of hydrogen-bond donors (Lipinski definition) is 3. The smallest absolute Gasteiger partial charge is 0.330 e. The lowest BCUT2D eigenvalue weighted by Gasteiger charge is -2.27. The number of halogens is 1. The highest BCUT2D eigenvalue weighted by Gasteiger charge is 2.54. The highest BCUT2D eigenvalue weighted by molar-refractivity contribution is 8.56. The highest BCUT2D eigenvalue weighted by atomic mass is 35.5. The number of aliphatic hydroxyl groups is 1. The summed E-state index contributed by atoms with van der Waals surface area (Å²) in [5, 5.41) is 13.7. The van der Waals surface area contributed by atoms with Crippen molar-refractivity contribution in [3.8, 4) is 0 Å². The molecule has 1 aliphatic carbocycles. The lowest BCUT2D eigenvalue weighted by atomic mass is 10.0. The van der Waals surface area contributed by atoms with Crippen molar-refractivity contribution in [2.75, 3.05) is 6.61 Å². The predicted molar refractivity (Wildman–Crippen MR) is 133 cm³/mol. The number of aliphatic hydroxyl groups excluding tert-OH is 1. The van der Waals surface area contributed by atoms with Gasteiger partial charge in [0, 0.05) is 17.5 Å². The molecule has 35 heavy (non-hydrogen) atoms. The SMILES string of the molecule is CC(C)OC(=O)[C@H](C)N[P@@](=O)(OC[C@H]1O[C@@H](n2ccc(=O)[nH]c2=O)[C@](C)(Cl)[C@@H]1O)SC1CCCC1. The molecule has 0 radical (unpaired) electrons. The zero-order valence-corrected chi connectivity index (χ0v) is 22.6. The number of rotatable bonds is 10. The molecule has 2 fully saturated rings. The molecule has 0 unspecified atom stereocenters. The molecule has 1 saturated carbocycles. The van der Waals surface area contributed by atoms with Gasteiger partial charge in [0.15, 0.2) is 6.23 Å². The number of nitrogens with one attached hydrogen (secondary N) is 2. The third kappa shape index (κ3) is 7.00. The van der Waals surface area contributed by atoms with E-state index in [0.29, 0.717) is 0 Å². The van der Waals surface area contributed by atoms with Crippen LogP contribution >= 0.6 is 29.7 Å². The number of carbonyl (C=O) groups excluding carboxylic acids is 1. The van der Waals surface area contributed by atoms with Crippen LogP contribution in [-0.2, 0) is 23.4 Å². The topological polar surface area (TPSA) is 149 Å². The number of H-pyrrole nitrogens is 1. The fourth-order valence-corrected chi connectivity index (χ4v) is 9.23. The van der Waals surface area contributed by atoms with E-state index in [2.05, 4.69) is 10.1 Å². The molecule has 0 amide bonds. The van der Waals surface area contributed by atoms with Crippen LogP contribution in [0.4, 0.5) is 0 Å². The third-order valence-corrected chi connectivity index (χ3v) is 10.9. The fraction of sp³-hybridized carbons (Fsp3) is 0.762. The summed E-state index contributed by atoms with van der Waals surface area (Å²) >= 11 is 7.71. The molecule has 6 atom stereocenters. The average molecular weight is 554 g/mol. The number of ether oxygens (including phenoxy) is 2. The van der Waals surface area contributed by atoms with Crippen molar-refractivity contribution in [1.82, 2.24) is 14.6 Å². The Labute approximate surface area is 212 Å². The van der Waals surface area contributed by atoms with Gasteiger partial charge in [-0.2, -0.15) is 0 Å². The number of esters is 1. The number of carbonyl (C=O) groups is 1. The molecule has 2 aliphatic rings. The highest BCUT2D eigenvalue weighted by Crippen LogP contribution is 2.61. The fourth-order valence-electron chi connectivity index (χ4n) is 4.05. The Hall–Kier alpha value is -1.14. The first-order valence-electron chi connectivity index (χ1n) is 11.6. The number of aromatic nitrogens is 2. The lowest BCUT2D eigenvalue weighted by molar-refractivity contribution is -0.149. The standard InChI is InChI=1S/C21H33ClN3O8PS/c1-12(2)32-18(28)13(3)24-34(30,35-14-7-5-6-8-14)31-11-15-17(27)21(4,22)19(33-15)25-10-9-16(26)23-20(25)29/h9-10,12-15,17,19,27H,5-8,11H2,1-4H3,(H,24,30)(H,23,26,29)/t13-,15+,17+,19+,21+,34+/m0/s1. The first kappa shape index (κ1) is 28.4. The van der Waals surface area contributed by atoms with Gasteiger partial charge in [-0.1, -0.05) is 24.2 Å². The van der Waals surface area contributed by atoms with Gasteiger partial charge in [-0.25, -0.2) is 9.88 Å². The van der Waals surface area contributed by atoms with Crippen molar-refractivity contribution >= 4 is 35.7 Å². The maximum absolute atomic E-state index is 13.8. The maximum Gasteiger partial charge on any atom is 0.330 e. The molecule has 0 aromatic carbocycles. The Morgan fingerprint density at radius 3 is 2.66 bits per heavy atom. The van der Waals surface area contributed by atoms with Gasteiger partial charge < -0.3 is 19.1 Å². The van der Waals surface area contributed by atoms with Crippen LogP contribution in [0, 0.1) is 0 Å². The first-order valence-corrected chi connectivity index (χ1v) is 15.1. The van der Waals surface area contributed by atoms with E-state index in [4.69, 9.17) is 25.6 Å². The van der Waals surface area contributed by atoms with Crippen LogP contribution in [0.3, 0.4) is 0 Å². The molecular formula is C21H33ClN3O8PS.